The normalized spacial score (nSPS) is 11.3. The predicted molar refractivity (Wildman–Crippen MR) is 73.5 cm³/mol. The summed E-state index contributed by atoms with van der Waals surface area (Å²) in [5.74, 6) is -0.0433. The highest BCUT2D eigenvalue weighted by molar-refractivity contribution is 9.09. The minimum Gasteiger partial charge on any atom is -0.351 e. The summed E-state index contributed by atoms with van der Waals surface area (Å²) in [6, 6.07) is 3.58. The molecule has 1 N–H and O–H groups in total. The van der Waals surface area contributed by atoms with Crippen LogP contribution in [0.2, 0.25) is 0 Å². The van der Waals surface area contributed by atoms with Gasteiger partial charge in [0.15, 0.2) is 0 Å². The van der Waals surface area contributed by atoms with E-state index in [1.165, 1.54) is 0 Å². The second kappa shape index (κ2) is 6.15. The van der Waals surface area contributed by atoms with Crippen molar-refractivity contribution in [2.75, 3.05) is 11.9 Å². The molecule has 4 heteroatoms. The molecular weight excluding hydrogens is 280 g/mol. The fourth-order valence-corrected chi connectivity index (χ4v) is 2.56. The number of nitrogens with zero attached hydrogens (tertiary/aromatic N) is 1. The Balaban J connectivity index is 2.59. The molecule has 1 amide bonds. The number of amides is 1. The molecule has 0 atom stereocenters. The first-order valence-electron chi connectivity index (χ1n) is 5.72. The van der Waals surface area contributed by atoms with Crippen LogP contribution in [0.5, 0.6) is 0 Å². The second-order valence-electron chi connectivity index (χ2n) is 4.92. The Morgan fingerprint density at radius 3 is 2.82 bits per heavy atom. The first-order chi connectivity index (χ1) is 7.96. The molecule has 0 unspecified atom stereocenters. The zero-order valence-electron chi connectivity index (χ0n) is 10.6. The smallest absolute Gasteiger partial charge is 0.253 e. The van der Waals surface area contributed by atoms with Crippen molar-refractivity contribution < 1.29 is 4.79 Å². The van der Waals surface area contributed by atoms with E-state index >= 15 is 0 Å². The van der Waals surface area contributed by atoms with E-state index in [0.29, 0.717) is 12.1 Å². The molecule has 17 heavy (non-hydrogen) atoms. The van der Waals surface area contributed by atoms with E-state index in [1.807, 2.05) is 6.92 Å². The molecule has 1 heterocycles. The van der Waals surface area contributed by atoms with Gasteiger partial charge in [0.2, 0.25) is 0 Å². The molecule has 1 aromatic heterocycles. The molecule has 1 rings (SSSR count). The summed E-state index contributed by atoms with van der Waals surface area (Å²) in [6.07, 6.45) is 2.72. The quantitative estimate of drug-likeness (QED) is 0.849. The summed E-state index contributed by atoms with van der Waals surface area (Å²) in [5, 5.41) is 3.91. The maximum atomic E-state index is 12.0. The average molecular weight is 299 g/mol. The minimum atomic E-state index is -0.0433. The molecule has 0 saturated heterocycles. The summed E-state index contributed by atoms with van der Waals surface area (Å²) in [7, 11) is 0. The fraction of sp³-hybridized carbons (Fsp3) is 0.538. The number of rotatable bonds is 5. The molecule has 0 spiro atoms. The summed E-state index contributed by atoms with van der Waals surface area (Å²) in [5.41, 5.74) is 1.53. The molecule has 0 aromatic carbocycles. The molecule has 3 nitrogen and oxygen atoms in total. The Bertz CT molecular complexity index is 391. The van der Waals surface area contributed by atoms with E-state index in [-0.39, 0.29) is 11.3 Å². The van der Waals surface area contributed by atoms with Crippen molar-refractivity contribution in [3.63, 3.8) is 0 Å². The number of alkyl halides is 1. The molecule has 0 bridgehead atoms. The number of carbonyl (C=O) groups is 1. The van der Waals surface area contributed by atoms with E-state index in [2.05, 4.69) is 40.1 Å². The van der Waals surface area contributed by atoms with E-state index in [9.17, 15) is 4.79 Å². The lowest BCUT2D eigenvalue weighted by Gasteiger charge is -2.24. The van der Waals surface area contributed by atoms with Crippen LogP contribution in [0.4, 0.5) is 0 Å². The van der Waals surface area contributed by atoms with Gasteiger partial charge in [-0.1, -0.05) is 29.8 Å². The highest BCUT2D eigenvalue weighted by Gasteiger charge is 2.19. The molecule has 0 aliphatic rings. The van der Waals surface area contributed by atoms with Crippen molar-refractivity contribution in [1.82, 2.24) is 10.3 Å². The lowest BCUT2D eigenvalue weighted by molar-refractivity contribution is 0.0935. The van der Waals surface area contributed by atoms with Crippen molar-refractivity contribution >= 4 is 21.8 Å². The van der Waals surface area contributed by atoms with Gasteiger partial charge >= 0.3 is 0 Å². The highest BCUT2D eigenvalue weighted by atomic mass is 79.9. The first-order valence-corrected chi connectivity index (χ1v) is 6.84. The Hall–Kier alpha value is -0.900. The first kappa shape index (κ1) is 14.2. The Labute approximate surface area is 111 Å². The predicted octanol–water partition coefficient (Wildman–Crippen LogP) is 2.93. The van der Waals surface area contributed by atoms with Crippen molar-refractivity contribution in [2.45, 2.75) is 27.2 Å². The third kappa shape index (κ3) is 4.46. The van der Waals surface area contributed by atoms with Crippen LogP contribution >= 0.6 is 15.9 Å². The minimum absolute atomic E-state index is 0.0433. The van der Waals surface area contributed by atoms with Crippen LogP contribution in [0.1, 0.15) is 36.3 Å². The van der Waals surface area contributed by atoms with Crippen LogP contribution in [0.3, 0.4) is 0 Å². The number of aromatic nitrogens is 1. The van der Waals surface area contributed by atoms with Crippen LogP contribution in [0.15, 0.2) is 18.3 Å². The lowest BCUT2D eigenvalue weighted by Crippen LogP contribution is -2.34. The van der Waals surface area contributed by atoms with Gasteiger partial charge in [-0.3, -0.25) is 9.78 Å². The van der Waals surface area contributed by atoms with E-state index in [0.717, 1.165) is 17.4 Å². The SMILES string of the molecule is Cc1ncccc1C(=O)NCC(C)(C)CCBr. The Morgan fingerprint density at radius 2 is 2.24 bits per heavy atom. The van der Waals surface area contributed by atoms with Gasteiger partial charge in [-0.15, -0.1) is 0 Å². The molecule has 0 aliphatic heterocycles. The molecule has 94 valence electrons. The zero-order chi connectivity index (χ0) is 12.9. The Kier molecular flexibility index (Phi) is 5.12. The van der Waals surface area contributed by atoms with Crippen LogP contribution in [-0.4, -0.2) is 22.8 Å². The van der Waals surface area contributed by atoms with Crippen LogP contribution < -0.4 is 5.32 Å². The number of nitrogens with one attached hydrogen (secondary N) is 1. The zero-order valence-corrected chi connectivity index (χ0v) is 12.2. The van der Waals surface area contributed by atoms with E-state index in [1.54, 1.807) is 18.3 Å². The standard InChI is InChI=1S/C13H19BrN2O/c1-10-11(5-4-8-15-10)12(17)16-9-13(2,3)6-7-14/h4-5,8H,6-7,9H2,1-3H3,(H,16,17). The topological polar surface area (TPSA) is 42.0 Å². The number of hydrogen-bond acceptors (Lipinski definition) is 2. The maximum absolute atomic E-state index is 12.0. The molecular formula is C13H19BrN2O. The number of carbonyl (C=O) groups excluding carboxylic acids is 1. The van der Waals surface area contributed by atoms with Gasteiger partial charge in [0.25, 0.3) is 5.91 Å². The summed E-state index contributed by atoms with van der Waals surface area (Å²) in [6.45, 7) is 6.81. The van der Waals surface area contributed by atoms with Crippen LogP contribution in [-0.2, 0) is 0 Å². The van der Waals surface area contributed by atoms with Gasteiger partial charge in [-0.25, -0.2) is 0 Å². The van der Waals surface area contributed by atoms with Gasteiger partial charge in [-0.2, -0.15) is 0 Å². The van der Waals surface area contributed by atoms with Gasteiger partial charge in [0, 0.05) is 23.8 Å². The Morgan fingerprint density at radius 1 is 1.53 bits per heavy atom. The monoisotopic (exact) mass is 298 g/mol. The molecule has 1 aromatic rings. The molecule has 0 saturated carbocycles. The molecule has 0 fully saturated rings. The summed E-state index contributed by atoms with van der Waals surface area (Å²) in [4.78, 5) is 16.1. The largest absolute Gasteiger partial charge is 0.351 e. The van der Waals surface area contributed by atoms with Gasteiger partial charge < -0.3 is 5.32 Å². The number of halogens is 1. The summed E-state index contributed by atoms with van der Waals surface area (Å²) < 4.78 is 0. The van der Waals surface area contributed by atoms with Gasteiger partial charge in [-0.05, 0) is 30.9 Å². The third-order valence-electron chi connectivity index (χ3n) is 2.75. The van der Waals surface area contributed by atoms with Crippen molar-refractivity contribution in [1.29, 1.82) is 0 Å². The number of hydrogen-bond donors (Lipinski definition) is 1. The fourth-order valence-electron chi connectivity index (χ4n) is 1.48. The highest BCUT2D eigenvalue weighted by Crippen LogP contribution is 2.20. The lowest BCUT2D eigenvalue weighted by atomic mass is 9.90. The number of pyridine rings is 1. The van der Waals surface area contributed by atoms with Crippen LogP contribution in [0, 0.1) is 12.3 Å². The second-order valence-corrected chi connectivity index (χ2v) is 5.72. The van der Waals surface area contributed by atoms with E-state index < -0.39 is 0 Å². The van der Waals surface area contributed by atoms with Crippen molar-refractivity contribution in [3.05, 3.63) is 29.6 Å². The maximum Gasteiger partial charge on any atom is 0.253 e. The van der Waals surface area contributed by atoms with Crippen molar-refractivity contribution in [2.24, 2.45) is 5.41 Å². The molecule has 0 aliphatic carbocycles. The van der Waals surface area contributed by atoms with Gasteiger partial charge in [0.1, 0.15) is 0 Å². The average Bonchev–Trinajstić information content (AvgIpc) is 2.27. The molecule has 0 radical (unpaired) electrons. The van der Waals surface area contributed by atoms with E-state index in [4.69, 9.17) is 0 Å². The van der Waals surface area contributed by atoms with Gasteiger partial charge in [0.05, 0.1) is 5.56 Å². The van der Waals surface area contributed by atoms with Crippen molar-refractivity contribution in [3.8, 4) is 0 Å². The third-order valence-corrected chi connectivity index (χ3v) is 3.15. The van der Waals surface area contributed by atoms with Crippen LogP contribution in [0.25, 0.3) is 0 Å². The number of aryl methyl sites for hydroxylation is 1. The summed E-state index contributed by atoms with van der Waals surface area (Å²) >= 11 is 3.43.